The number of amides is 1. The van der Waals surface area contributed by atoms with Crippen LogP contribution in [0.2, 0.25) is 0 Å². The predicted molar refractivity (Wildman–Crippen MR) is 106 cm³/mol. The van der Waals surface area contributed by atoms with E-state index < -0.39 is 12.2 Å². The summed E-state index contributed by atoms with van der Waals surface area (Å²) >= 11 is 0. The lowest BCUT2D eigenvalue weighted by molar-refractivity contribution is -0.173. The minimum absolute atomic E-state index is 0.0477. The van der Waals surface area contributed by atoms with Gasteiger partial charge in [-0.05, 0) is 33.1 Å². The molecule has 164 valence electrons. The number of hydrogen-bond donors (Lipinski definition) is 1. The fourth-order valence-electron chi connectivity index (χ4n) is 4.40. The third-order valence-electron chi connectivity index (χ3n) is 5.92. The van der Waals surface area contributed by atoms with Crippen molar-refractivity contribution in [2.45, 2.75) is 70.8 Å². The average Bonchev–Trinajstić information content (AvgIpc) is 3.37. The zero-order chi connectivity index (χ0) is 21.6. The number of nitrogens with zero attached hydrogens (tertiary/aromatic N) is 5. The molecule has 1 fully saturated rings. The lowest BCUT2D eigenvalue weighted by atomic mass is 10.0. The first-order valence-corrected chi connectivity index (χ1v) is 10.4. The molecule has 7 nitrogen and oxygen atoms in total. The Hall–Kier alpha value is -2.52. The van der Waals surface area contributed by atoms with Crippen molar-refractivity contribution in [2.24, 2.45) is 0 Å². The molecule has 30 heavy (non-hydrogen) atoms. The summed E-state index contributed by atoms with van der Waals surface area (Å²) in [5, 5.41) is 11.8. The highest BCUT2D eigenvalue weighted by atomic mass is 19.4. The number of rotatable bonds is 4. The van der Waals surface area contributed by atoms with Crippen LogP contribution in [-0.2, 0) is 6.54 Å². The van der Waals surface area contributed by atoms with Gasteiger partial charge in [0.25, 0.3) is 5.91 Å². The summed E-state index contributed by atoms with van der Waals surface area (Å²) in [4.78, 5) is 14.7. The largest absolute Gasteiger partial charge is 0.410 e. The van der Waals surface area contributed by atoms with Crippen LogP contribution in [0.4, 0.5) is 19.0 Å². The van der Waals surface area contributed by atoms with Crippen LogP contribution in [0.15, 0.2) is 12.3 Å². The van der Waals surface area contributed by atoms with Gasteiger partial charge >= 0.3 is 6.18 Å². The molecule has 0 spiro atoms. The molecule has 0 saturated carbocycles. The molecule has 1 amide bonds. The van der Waals surface area contributed by atoms with Crippen molar-refractivity contribution in [3.8, 4) is 0 Å². The topological polar surface area (TPSA) is 68.0 Å². The van der Waals surface area contributed by atoms with Gasteiger partial charge in [-0.2, -0.15) is 23.4 Å². The van der Waals surface area contributed by atoms with E-state index in [1.807, 2.05) is 13.8 Å². The minimum Gasteiger partial charge on any atom is -0.368 e. The molecule has 2 aromatic rings. The molecule has 2 aliphatic heterocycles. The van der Waals surface area contributed by atoms with Gasteiger partial charge in [-0.3, -0.25) is 9.48 Å². The Balaban J connectivity index is 1.51. The second-order valence-electron chi connectivity index (χ2n) is 8.37. The fraction of sp³-hybridized carbons (Fsp3) is 0.650. The first kappa shape index (κ1) is 20.7. The Morgan fingerprint density at radius 2 is 2.10 bits per heavy atom. The highest BCUT2D eigenvalue weighted by molar-refractivity contribution is 5.95. The summed E-state index contributed by atoms with van der Waals surface area (Å²) in [5.41, 5.74) is 1.89. The lowest BCUT2D eigenvalue weighted by Crippen LogP contribution is -2.37. The van der Waals surface area contributed by atoms with E-state index in [0.29, 0.717) is 42.3 Å². The van der Waals surface area contributed by atoms with Gasteiger partial charge in [0.15, 0.2) is 6.04 Å². The van der Waals surface area contributed by atoms with E-state index in [2.05, 4.69) is 15.5 Å². The highest BCUT2D eigenvalue weighted by Crippen LogP contribution is 2.40. The Labute approximate surface area is 173 Å². The van der Waals surface area contributed by atoms with Crippen LogP contribution in [0.5, 0.6) is 0 Å². The molecule has 0 radical (unpaired) electrons. The van der Waals surface area contributed by atoms with Gasteiger partial charge in [-0.1, -0.05) is 6.92 Å². The number of nitrogens with one attached hydrogen (secondary N) is 1. The Morgan fingerprint density at radius 3 is 2.80 bits per heavy atom. The lowest BCUT2D eigenvalue weighted by Gasteiger charge is -2.31. The van der Waals surface area contributed by atoms with Crippen LogP contribution < -0.4 is 5.32 Å². The quantitative estimate of drug-likeness (QED) is 0.812. The number of aryl methyl sites for hydroxylation is 2. The molecule has 2 aromatic heterocycles. The van der Waals surface area contributed by atoms with Gasteiger partial charge < -0.3 is 10.2 Å². The second-order valence-corrected chi connectivity index (χ2v) is 8.37. The Kier molecular flexibility index (Phi) is 5.27. The average molecular weight is 424 g/mol. The predicted octanol–water partition coefficient (Wildman–Crippen LogP) is 3.74. The van der Waals surface area contributed by atoms with E-state index in [1.165, 1.54) is 0 Å². The van der Waals surface area contributed by atoms with E-state index in [4.69, 9.17) is 0 Å². The highest BCUT2D eigenvalue weighted by Gasteiger charge is 2.46. The molecule has 3 atom stereocenters. The van der Waals surface area contributed by atoms with Gasteiger partial charge in [0, 0.05) is 43.9 Å². The van der Waals surface area contributed by atoms with Crippen molar-refractivity contribution >= 4 is 11.7 Å². The summed E-state index contributed by atoms with van der Waals surface area (Å²) < 4.78 is 43.3. The maximum Gasteiger partial charge on any atom is 0.410 e. The zero-order valence-electron chi connectivity index (χ0n) is 17.4. The van der Waals surface area contributed by atoms with Gasteiger partial charge in [-0.15, -0.1) is 0 Å². The summed E-state index contributed by atoms with van der Waals surface area (Å²) in [6.45, 7) is 7.36. The SMILES string of the molecule is CCCn1cc(C(=O)N2CC[C@H](c3cc4n(n3)[C@@H](C(F)(F)F)C[C@@H](C)N4)C2)c(C)n1. The summed E-state index contributed by atoms with van der Waals surface area (Å²) in [5.74, 6) is 0.234. The second kappa shape index (κ2) is 7.63. The maximum atomic E-state index is 13.5. The summed E-state index contributed by atoms with van der Waals surface area (Å²) in [7, 11) is 0. The number of aromatic nitrogens is 4. The molecule has 0 bridgehead atoms. The molecule has 4 heterocycles. The number of hydrogen-bond acceptors (Lipinski definition) is 4. The molecule has 0 aromatic carbocycles. The van der Waals surface area contributed by atoms with Crippen LogP contribution in [0.1, 0.15) is 66.8 Å². The van der Waals surface area contributed by atoms with Crippen LogP contribution in [-0.4, -0.2) is 55.7 Å². The third kappa shape index (κ3) is 3.79. The molecule has 1 saturated heterocycles. The van der Waals surface area contributed by atoms with E-state index in [1.54, 1.807) is 28.8 Å². The van der Waals surface area contributed by atoms with Crippen molar-refractivity contribution in [3.63, 3.8) is 0 Å². The molecular formula is C20H27F3N6O. The number of anilines is 1. The monoisotopic (exact) mass is 424 g/mol. The zero-order valence-corrected chi connectivity index (χ0v) is 17.4. The van der Waals surface area contributed by atoms with E-state index >= 15 is 0 Å². The smallest absolute Gasteiger partial charge is 0.368 e. The normalized spacial score (nSPS) is 24.1. The molecule has 1 N–H and O–H groups in total. The van der Waals surface area contributed by atoms with Crippen molar-refractivity contribution in [1.29, 1.82) is 0 Å². The van der Waals surface area contributed by atoms with Crippen LogP contribution in [0.25, 0.3) is 0 Å². The molecule has 0 aliphatic carbocycles. The first-order valence-electron chi connectivity index (χ1n) is 10.4. The fourth-order valence-corrected chi connectivity index (χ4v) is 4.40. The number of alkyl halides is 3. The van der Waals surface area contributed by atoms with Gasteiger partial charge in [0.2, 0.25) is 0 Å². The third-order valence-corrected chi connectivity index (χ3v) is 5.92. The molecule has 4 rings (SSSR count). The minimum atomic E-state index is -4.34. The van der Waals surface area contributed by atoms with Crippen LogP contribution in [0, 0.1) is 6.92 Å². The molecule has 0 unspecified atom stereocenters. The number of fused-ring (bicyclic) bond motifs is 1. The number of carbonyl (C=O) groups is 1. The van der Waals surface area contributed by atoms with Gasteiger partial charge in [0.1, 0.15) is 5.82 Å². The summed E-state index contributed by atoms with van der Waals surface area (Å²) in [6, 6.07) is -0.195. The van der Waals surface area contributed by atoms with Crippen molar-refractivity contribution < 1.29 is 18.0 Å². The van der Waals surface area contributed by atoms with Crippen LogP contribution in [0.3, 0.4) is 0 Å². The number of carbonyl (C=O) groups excluding carboxylic acids is 1. The van der Waals surface area contributed by atoms with Crippen molar-refractivity contribution in [2.75, 3.05) is 18.4 Å². The van der Waals surface area contributed by atoms with Crippen LogP contribution >= 0.6 is 0 Å². The van der Waals surface area contributed by atoms with Crippen molar-refractivity contribution in [3.05, 3.63) is 29.2 Å². The number of likely N-dealkylation sites (tertiary alicyclic amines) is 1. The maximum absolute atomic E-state index is 13.5. The summed E-state index contributed by atoms with van der Waals surface area (Å²) in [6.07, 6.45) is -1.01. The van der Waals surface area contributed by atoms with E-state index in [0.717, 1.165) is 17.6 Å². The van der Waals surface area contributed by atoms with E-state index in [9.17, 15) is 18.0 Å². The number of halogens is 3. The van der Waals surface area contributed by atoms with Gasteiger partial charge in [-0.25, -0.2) is 4.68 Å². The molecule has 2 aliphatic rings. The van der Waals surface area contributed by atoms with Gasteiger partial charge in [0.05, 0.1) is 17.0 Å². The van der Waals surface area contributed by atoms with E-state index in [-0.39, 0.29) is 24.3 Å². The Morgan fingerprint density at radius 1 is 1.33 bits per heavy atom. The molecule has 10 heteroatoms. The molecular weight excluding hydrogens is 397 g/mol. The standard InChI is InChI=1S/C20H27F3N6O/c1-4-6-28-11-15(13(3)25-28)19(30)27-7-5-14(10-27)16-9-18-24-12(2)8-17(20(21,22)23)29(18)26-16/h9,11-12,14,17,24H,4-8,10H2,1-3H3/t12-,14+,17-/m1/s1. The Bertz CT molecular complexity index is 934. The first-order chi connectivity index (χ1) is 14.2. The van der Waals surface area contributed by atoms with Crippen molar-refractivity contribution in [1.82, 2.24) is 24.5 Å².